The molecule has 0 saturated heterocycles. The van der Waals surface area contributed by atoms with Crippen molar-refractivity contribution in [1.82, 2.24) is 4.98 Å². The molecule has 0 aliphatic carbocycles. The minimum Gasteiger partial charge on any atom is -0.303 e. The van der Waals surface area contributed by atoms with Gasteiger partial charge in [-0.15, -0.1) is 6.42 Å². The van der Waals surface area contributed by atoms with Gasteiger partial charge in [0.1, 0.15) is 12.0 Å². The van der Waals surface area contributed by atoms with Gasteiger partial charge in [0.15, 0.2) is 0 Å². The normalized spacial score (nSPS) is 8.64. The van der Waals surface area contributed by atoms with E-state index in [1.54, 1.807) is 18.3 Å². The fraction of sp³-hybridized carbons (Fsp3) is 0.111. The van der Waals surface area contributed by atoms with Crippen LogP contribution >= 0.6 is 0 Å². The van der Waals surface area contributed by atoms with Crippen LogP contribution in [0.25, 0.3) is 0 Å². The summed E-state index contributed by atoms with van der Waals surface area (Å²) in [7, 11) is 0. The second-order valence-corrected chi connectivity index (χ2v) is 2.03. The minimum absolute atomic E-state index is 0.341. The molecule has 54 valence electrons. The van der Waals surface area contributed by atoms with Crippen molar-refractivity contribution in [3.05, 3.63) is 29.6 Å². The Hall–Kier alpha value is -1.62. The molecule has 2 nitrogen and oxygen atoms in total. The maximum atomic E-state index is 10.1. The van der Waals surface area contributed by atoms with Crippen LogP contribution in [0.3, 0.4) is 0 Å². The highest BCUT2D eigenvalue weighted by Gasteiger charge is 1.97. The number of rotatable bonds is 2. The molecular weight excluding hydrogens is 138 g/mol. The molecule has 0 atom stereocenters. The molecule has 1 rings (SSSR count). The summed E-state index contributed by atoms with van der Waals surface area (Å²) in [5.41, 5.74) is 1.37. The van der Waals surface area contributed by atoms with Gasteiger partial charge in [-0.25, -0.2) is 4.98 Å². The highest BCUT2D eigenvalue weighted by molar-refractivity contribution is 5.56. The van der Waals surface area contributed by atoms with Crippen LogP contribution in [0.1, 0.15) is 11.3 Å². The second kappa shape index (κ2) is 3.52. The maximum absolute atomic E-state index is 10.1. The van der Waals surface area contributed by atoms with Crippen LogP contribution in [0.5, 0.6) is 0 Å². The molecule has 0 aliphatic rings. The van der Waals surface area contributed by atoms with Crippen LogP contribution < -0.4 is 0 Å². The molecule has 0 fully saturated rings. The van der Waals surface area contributed by atoms with Gasteiger partial charge in [0.25, 0.3) is 0 Å². The topological polar surface area (TPSA) is 30.0 Å². The van der Waals surface area contributed by atoms with Gasteiger partial charge < -0.3 is 4.79 Å². The summed E-state index contributed by atoms with van der Waals surface area (Å²) >= 11 is 0. The van der Waals surface area contributed by atoms with Crippen molar-refractivity contribution in [1.29, 1.82) is 0 Å². The smallest absolute Gasteiger partial charge is 0.124 e. The number of terminal acetylenes is 1. The van der Waals surface area contributed by atoms with E-state index < -0.39 is 0 Å². The van der Waals surface area contributed by atoms with Crippen LogP contribution in [0.4, 0.5) is 0 Å². The summed E-state index contributed by atoms with van der Waals surface area (Å²) in [6.45, 7) is 0. The highest BCUT2D eigenvalue weighted by atomic mass is 16.1. The molecule has 0 amide bonds. The van der Waals surface area contributed by atoms with Crippen molar-refractivity contribution in [2.45, 2.75) is 6.42 Å². The van der Waals surface area contributed by atoms with Crippen LogP contribution in [-0.4, -0.2) is 11.3 Å². The van der Waals surface area contributed by atoms with Crippen LogP contribution in [0, 0.1) is 12.3 Å². The number of hydrogen-bond donors (Lipinski definition) is 0. The molecule has 0 N–H and O–H groups in total. The van der Waals surface area contributed by atoms with E-state index in [-0.39, 0.29) is 0 Å². The predicted molar refractivity (Wildman–Crippen MR) is 41.9 cm³/mol. The highest BCUT2D eigenvalue weighted by Crippen LogP contribution is 2.02. The van der Waals surface area contributed by atoms with Crippen molar-refractivity contribution in [2.24, 2.45) is 0 Å². The van der Waals surface area contributed by atoms with E-state index in [0.29, 0.717) is 12.1 Å². The molecule has 0 bridgehead atoms. The Kier molecular flexibility index (Phi) is 2.40. The monoisotopic (exact) mass is 145 g/mol. The van der Waals surface area contributed by atoms with Gasteiger partial charge in [-0.05, 0) is 17.6 Å². The first kappa shape index (κ1) is 7.49. The third-order valence-corrected chi connectivity index (χ3v) is 1.33. The average molecular weight is 145 g/mol. The minimum atomic E-state index is 0.341. The fourth-order valence-corrected chi connectivity index (χ4v) is 0.823. The number of nitrogens with zero attached hydrogens (tertiary/aromatic N) is 1. The summed E-state index contributed by atoms with van der Waals surface area (Å²) in [6.07, 6.45) is 7.93. The zero-order valence-corrected chi connectivity index (χ0v) is 5.95. The summed E-state index contributed by atoms with van der Waals surface area (Å²) in [6, 6.07) is 3.57. The Bertz CT molecular complexity index is 299. The number of carbonyl (C=O) groups is 1. The van der Waals surface area contributed by atoms with Crippen molar-refractivity contribution in [3.63, 3.8) is 0 Å². The van der Waals surface area contributed by atoms with Gasteiger partial charge in [-0.1, -0.05) is 6.07 Å². The molecule has 0 spiro atoms. The zero-order valence-electron chi connectivity index (χ0n) is 5.95. The van der Waals surface area contributed by atoms with Gasteiger partial charge in [-0.2, -0.15) is 0 Å². The second-order valence-electron chi connectivity index (χ2n) is 2.03. The van der Waals surface area contributed by atoms with Crippen molar-refractivity contribution in [3.8, 4) is 12.3 Å². The zero-order chi connectivity index (χ0) is 8.10. The standard InChI is InChI=1S/C9H7NO/c1-2-9-8(5-7-11)4-3-6-10-9/h1,3-4,6-7H,5H2. The van der Waals surface area contributed by atoms with Crippen LogP contribution in [-0.2, 0) is 11.2 Å². The summed E-state index contributed by atoms with van der Waals surface area (Å²) in [4.78, 5) is 14.1. The van der Waals surface area contributed by atoms with Gasteiger partial charge in [0.05, 0.1) is 0 Å². The van der Waals surface area contributed by atoms with Crippen LogP contribution in [0.2, 0.25) is 0 Å². The molecule has 1 aromatic rings. The predicted octanol–water partition coefficient (Wildman–Crippen LogP) is 0.804. The van der Waals surface area contributed by atoms with Gasteiger partial charge >= 0.3 is 0 Å². The van der Waals surface area contributed by atoms with E-state index in [1.807, 2.05) is 0 Å². The number of carbonyl (C=O) groups excluding carboxylic acids is 1. The van der Waals surface area contributed by atoms with E-state index in [4.69, 9.17) is 6.42 Å². The van der Waals surface area contributed by atoms with Crippen molar-refractivity contribution < 1.29 is 4.79 Å². The molecule has 0 aliphatic heterocycles. The molecule has 0 aromatic carbocycles. The number of hydrogen-bond acceptors (Lipinski definition) is 2. The summed E-state index contributed by atoms with van der Waals surface area (Å²) in [5, 5.41) is 0. The quantitative estimate of drug-likeness (QED) is 0.455. The van der Waals surface area contributed by atoms with E-state index in [0.717, 1.165) is 11.8 Å². The van der Waals surface area contributed by atoms with Gasteiger partial charge in [0.2, 0.25) is 0 Å². The first-order valence-electron chi connectivity index (χ1n) is 3.22. The molecule has 1 heterocycles. The first-order chi connectivity index (χ1) is 5.38. The first-order valence-corrected chi connectivity index (χ1v) is 3.22. The number of pyridine rings is 1. The molecule has 0 radical (unpaired) electrons. The lowest BCUT2D eigenvalue weighted by molar-refractivity contribution is -0.107. The molecule has 2 heteroatoms. The Morgan fingerprint density at radius 2 is 2.55 bits per heavy atom. The van der Waals surface area contributed by atoms with Crippen molar-refractivity contribution >= 4 is 6.29 Å². The van der Waals surface area contributed by atoms with Gasteiger partial charge in [0, 0.05) is 12.6 Å². The SMILES string of the molecule is C#Cc1ncccc1CC=O. The van der Waals surface area contributed by atoms with E-state index >= 15 is 0 Å². The van der Waals surface area contributed by atoms with E-state index in [9.17, 15) is 4.79 Å². The summed E-state index contributed by atoms with van der Waals surface area (Å²) in [5.74, 6) is 2.41. The molecular formula is C9H7NO. The molecule has 0 unspecified atom stereocenters. The van der Waals surface area contributed by atoms with E-state index in [2.05, 4.69) is 10.9 Å². The third-order valence-electron chi connectivity index (χ3n) is 1.33. The van der Waals surface area contributed by atoms with E-state index in [1.165, 1.54) is 0 Å². The summed E-state index contributed by atoms with van der Waals surface area (Å²) < 4.78 is 0. The molecule has 11 heavy (non-hydrogen) atoms. The Morgan fingerprint density at radius 3 is 3.18 bits per heavy atom. The maximum Gasteiger partial charge on any atom is 0.124 e. The number of aromatic nitrogens is 1. The lowest BCUT2D eigenvalue weighted by Gasteiger charge is -1.96. The lowest BCUT2D eigenvalue weighted by Crippen LogP contribution is -1.93. The third kappa shape index (κ3) is 1.65. The average Bonchev–Trinajstić information content (AvgIpc) is 2.06. The largest absolute Gasteiger partial charge is 0.303 e. The lowest BCUT2D eigenvalue weighted by atomic mass is 10.1. The fourth-order valence-electron chi connectivity index (χ4n) is 0.823. The Balaban J connectivity index is 3.04. The number of aldehydes is 1. The molecule has 0 saturated carbocycles. The van der Waals surface area contributed by atoms with Crippen molar-refractivity contribution in [2.75, 3.05) is 0 Å². The Morgan fingerprint density at radius 1 is 1.73 bits per heavy atom. The van der Waals surface area contributed by atoms with Gasteiger partial charge in [-0.3, -0.25) is 0 Å². The Labute approximate surface area is 65.3 Å². The molecule has 1 aromatic heterocycles. The van der Waals surface area contributed by atoms with Crippen LogP contribution in [0.15, 0.2) is 18.3 Å².